The SMILES string of the molecule is Cc1cc(C)c(C(=N)N)c(OCCC(F)(F)F)n1. The number of aromatic nitrogens is 1. The van der Waals surface area contributed by atoms with Gasteiger partial charge in [-0.2, -0.15) is 13.2 Å². The van der Waals surface area contributed by atoms with Crippen molar-refractivity contribution in [3.63, 3.8) is 0 Å². The molecule has 0 unspecified atom stereocenters. The molecule has 0 aromatic carbocycles. The average Bonchev–Trinajstić information content (AvgIpc) is 2.13. The maximum absolute atomic E-state index is 12.0. The predicted octanol–water partition coefficient (Wildman–Crippen LogP) is 2.31. The number of pyridine rings is 1. The monoisotopic (exact) mass is 261 g/mol. The van der Waals surface area contributed by atoms with Crippen molar-refractivity contribution in [1.29, 1.82) is 5.41 Å². The van der Waals surface area contributed by atoms with Gasteiger partial charge >= 0.3 is 6.18 Å². The Balaban J connectivity index is 2.90. The summed E-state index contributed by atoms with van der Waals surface area (Å²) < 4.78 is 41.0. The summed E-state index contributed by atoms with van der Waals surface area (Å²) in [6.45, 7) is 2.84. The summed E-state index contributed by atoms with van der Waals surface area (Å²) in [5.74, 6) is -0.300. The third kappa shape index (κ3) is 3.90. The molecule has 100 valence electrons. The number of amidine groups is 1. The fraction of sp³-hybridized carbons (Fsp3) is 0.455. The highest BCUT2D eigenvalue weighted by molar-refractivity contribution is 5.98. The van der Waals surface area contributed by atoms with Gasteiger partial charge in [0.05, 0.1) is 18.6 Å². The van der Waals surface area contributed by atoms with Gasteiger partial charge < -0.3 is 10.5 Å². The van der Waals surface area contributed by atoms with Crippen molar-refractivity contribution in [2.45, 2.75) is 26.4 Å². The summed E-state index contributed by atoms with van der Waals surface area (Å²) in [5, 5.41) is 7.38. The van der Waals surface area contributed by atoms with Crippen molar-refractivity contribution in [3.05, 3.63) is 22.9 Å². The van der Waals surface area contributed by atoms with E-state index in [4.69, 9.17) is 15.9 Å². The molecule has 0 fully saturated rings. The molecule has 0 bridgehead atoms. The van der Waals surface area contributed by atoms with E-state index in [9.17, 15) is 13.2 Å². The third-order valence-electron chi connectivity index (χ3n) is 2.21. The van der Waals surface area contributed by atoms with Gasteiger partial charge in [0.25, 0.3) is 0 Å². The van der Waals surface area contributed by atoms with E-state index in [0.717, 1.165) is 0 Å². The molecule has 0 spiro atoms. The summed E-state index contributed by atoms with van der Waals surface area (Å²) in [6, 6.07) is 1.69. The molecule has 0 aliphatic carbocycles. The maximum Gasteiger partial charge on any atom is 0.392 e. The Morgan fingerprint density at radius 3 is 2.56 bits per heavy atom. The van der Waals surface area contributed by atoms with Crippen LogP contribution in [-0.4, -0.2) is 23.6 Å². The molecule has 18 heavy (non-hydrogen) atoms. The van der Waals surface area contributed by atoms with E-state index in [1.54, 1.807) is 19.9 Å². The summed E-state index contributed by atoms with van der Waals surface area (Å²) in [6.07, 6.45) is -5.35. The van der Waals surface area contributed by atoms with Crippen LogP contribution in [0.4, 0.5) is 13.2 Å². The minimum Gasteiger partial charge on any atom is -0.477 e. The van der Waals surface area contributed by atoms with Crippen LogP contribution in [0, 0.1) is 19.3 Å². The van der Waals surface area contributed by atoms with Crippen molar-refractivity contribution in [3.8, 4) is 5.88 Å². The molecule has 0 radical (unpaired) electrons. The molecule has 0 amide bonds. The normalized spacial score (nSPS) is 11.4. The molecule has 1 aromatic rings. The number of ether oxygens (including phenoxy) is 1. The van der Waals surface area contributed by atoms with Gasteiger partial charge in [-0.25, -0.2) is 4.98 Å². The van der Waals surface area contributed by atoms with Crippen LogP contribution < -0.4 is 10.5 Å². The zero-order valence-corrected chi connectivity index (χ0v) is 10.1. The maximum atomic E-state index is 12.0. The molecule has 0 aliphatic rings. The van der Waals surface area contributed by atoms with Crippen LogP contribution in [0.15, 0.2) is 6.07 Å². The van der Waals surface area contributed by atoms with Crippen LogP contribution in [0.25, 0.3) is 0 Å². The number of hydrogen-bond acceptors (Lipinski definition) is 3. The largest absolute Gasteiger partial charge is 0.477 e. The van der Waals surface area contributed by atoms with Crippen molar-refractivity contribution in [2.75, 3.05) is 6.61 Å². The second-order valence-corrected chi connectivity index (χ2v) is 3.89. The lowest BCUT2D eigenvalue weighted by atomic mass is 10.1. The van der Waals surface area contributed by atoms with Crippen LogP contribution in [-0.2, 0) is 0 Å². The molecule has 1 aromatic heterocycles. The number of nitrogen functional groups attached to an aromatic ring is 1. The Labute approximate surface area is 102 Å². The standard InChI is InChI=1S/C11H14F3N3O/c1-6-5-7(2)17-10(8(6)9(15)16)18-4-3-11(12,13)14/h5H,3-4H2,1-2H3,(H3,15,16). The molecule has 0 atom stereocenters. The second kappa shape index (κ2) is 5.24. The van der Waals surface area contributed by atoms with E-state index in [2.05, 4.69) is 4.98 Å². The summed E-state index contributed by atoms with van der Waals surface area (Å²) in [7, 11) is 0. The second-order valence-electron chi connectivity index (χ2n) is 3.89. The molecule has 0 aliphatic heterocycles. The topological polar surface area (TPSA) is 72.0 Å². The number of aryl methyl sites for hydroxylation is 2. The van der Waals surface area contributed by atoms with E-state index in [1.807, 2.05) is 0 Å². The highest BCUT2D eigenvalue weighted by Crippen LogP contribution is 2.23. The van der Waals surface area contributed by atoms with Crippen LogP contribution in [0.1, 0.15) is 23.2 Å². The lowest BCUT2D eigenvalue weighted by molar-refractivity contribution is -0.139. The van der Waals surface area contributed by atoms with E-state index in [1.165, 1.54) is 0 Å². The van der Waals surface area contributed by atoms with Crippen LogP contribution in [0.5, 0.6) is 5.88 Å². The molecule has 1 rings (SSSR count). The number of rotatable bonds is 4. The molecule has 1 heterocycles. The van der Waals surface area contributed by atoms with E-state index in [-0.39, 0.29) is 17.3 Å². The van der Waals surface area contributed by atoms with Gasteiger partial charge in [0.2, 0.25) is 5.88 Å². The van der Waals surface area contributed by atoms with E-state index < -0.39 is 19.2 Å². The molecule has 0 saturated carbocycles. The average molecular weight is 261 g/mol. The fourth-order valence-corrected chi connectivity index (χ4v) is 1.50. The minimum absolute atomic E-state index is 0.0238. The lowest BCUT2D eigenvalue weighted by Crippen LogP contribution is -2.18. The molecular weight excluding hydrogens is 247 g/mol. The Morgan fingerprint density at radius 1 is 1.44 bits per heavy atom. The molecule has 4 nitrogen and oxygen atoms in total. The first-order chi connectivity index (χ1) is 8.20. The van der Waals surface area contributed by atoms with E-state index in [0.29, 0.717) is 11.3 Å². The lowest BCUT2D eigenvalue weighted by Gasteiger charge is -2.13. The van der Waals surface area contributed by atoms with E-state index >= 15 is 0 Å². The van der Waals surface area contributed by atoms with Crippen molar-refractivity contribution in [2.24, 2.45) is 5.73 Å². The zero-order chi connectivity index (χ0) is 13.9. The van der Waals surface area contributed by atoms with Crippen molar-refractivity contribution >= 4 is 5.84 Å². The Bertz CT molecular complexity index is 458. The Morgan fingerprint density at radius 2 is 2.06 bits per heavy atom. The number of halogens is 3. The first-order valence-corrected chi connectivity index (χ1v) is 5.23. The number of nitrogens with zero attached hydrogens (tertiary/aromatic N) is 1. The fourth-order valence-electron chi connectivity index (χ4n) is 1.50. The number of nitrogens with two attached hydrogens (primary N) is 1. The van der Waals surface area contributed by atoms with Gasteiger partial charge in [-0.1, -0.05) is 0 Å². The summed E-state index contributed by atoms with van der Waals surface area (Å²) in [5.41, 5.74) is 6.85. The summed E-state index contributed by atoms with van der Waals surface area (Å²) >= 11 is 0. The van der Waals surface area contributed by atoms with Crippen LogP contribution in [0.3, 0.4) is 0 Å². The summed E-state index contributed by atoms with van der Waals surface area (Å²) in [4.78, 5) is 3.96. The first kappa shape index (κ1) is 14.3. The smallest absolute Gasteiger partial charge is 0.392 e. The van der Waals surface area contributed by atoms with Gasteiger partial charge in [-0.05, 0) is 25.5 Å². The predicted molar refractivity (Wildman–Crippen MR) is 60.9 cm³/mol. The van der Waals surface area contributed by atoms with Crippen LogP contribution in [0.2, 0.25) is 0 Å². The Hall–Kier alpha value is -1.79. The highest BCUT2D eigenvalue weighted by atomic mass is 19.4. The number of hydrogen-bond donors (Lipinski definition) is 2. The molecular formula is C11H14F3N3O. The van der Waals surface area contributed by atoms with Gasteiger partial charge in [0.1, 0.15) is 5.84 Å². The van der Waals surface area contributed by atoms with Crippen LogP contribution >= 0.6 is 0 Å². The van der Waals surface area contributed by atoms with Gasteiger partial charge in [-0.3, -0.25) is 5.41 Å². The van der Waals surface area contributed by atoms with Gasteiger partial charge in [0, 0.05) is 5.69 Å². The van der Waals surface area contributed by atoms with Crippen molar-refractivity contribution < 1.29 is 17.9 Å². The molecule has 3 N–H and O–H groups in total. The quantitative estimate of drug-likeness (QED) is 0.645. The third-order valence-corrected chi connectivity index (χ3v) is 2.21. The number of alkyl halides is 3. The molecule has 7 heteroatoms. The van der Waals surface area contributed by atoms with Gasteiger partial charge in [0.15, 0.2) is 0 Å². The highest BCUT2D eigenvalue weighted by Gasteiger charge is 2.27. The zero-order valence-electron chi connectivity index (χ0n) is 10.1. The minimum atomic E-state index is -4.28. The van der Waals surface area contributed by atoms with Gasteiger partial charge in [-0.15, -0.1) is 0 Å². The molecule has 0 saturated heterocycles. The number of nitrogens with one attached hydrogen (secondary N) is 1. The Kier molecular flexibility index (Phi) is 4.15. The van der Waals surface area contributed by atoms with Crippen molar-refractivity contribution in [1.82, 2.24) is 4.98 Å². The first-order valence-electron chi connectivity index (χ1n) is 5.23.